The van der Waals surface area contributed by atoms with Crippen LogP contribution in [0.4, 0.5) is 0 Å². The first-order valence-electron chi connectivity index (χ1n) is 7.42. The Bertz CT molecular complexity index is 567. The van der Waals surface area contributed by atoms with Gasteiger partial charge in [-0.1, -0.05) is 42.5 Å². The van der Waals surface area contributed by atoms with E-state index in [1.54, 1.807) is 0 Å². The van der Waals surface area contributed by atoms with Gasteiger partial charge < -0.3 is 15.2 Å². The van der Waals surface area contributed by atoms with Crippen LogP contribution >= 0.6 is 0 Å². The predicted octanol–water partition coefficient (Wildman–Crippen LogP) is 2.87. The number of carboxylic acid groups (broad SMARTS) is 1. The molecule has 0 aliphatic carbocycles. The summed E-state index contributed by atoms with van der Waals surface area (Å²) in [6.45, 7) is 1.85. The summed E-state index contributed by atoms with van der Waals surface area (Å²) in [5.74, 6) is 0.0823. The third-order valence-corrected chi connectivity index (χ3v) is 3.28. The smallest absolute Gasteiger partial charge is 0.304 e. The maximum atomic E-state index is 10.4. The molecule has 22 heavy (non-hydrogen) atoms. The fraction of sp³-hybridized carbons (Fsp3) is 0.278. The molecule has 116 valence electrons. The highest BCUT2D eigenvalue weighted by molar-refractivity contribution is 5.66. The molecule has 2 N–H and O–H groups in total. The molecule has 0 heterocycles. The number of benzene rings is 2. The Morgan fingerprint density at radius 1 is 0.955 bits per heavy atom. The zero-order chi connectivity index (χ0) is 15.6. The highest BCUT2D eigenvalue weighted by Gasteiger charge is 1.98. The van der Waals surface area contributed by atoms with E-state index < -0.39 is 5.97 Å². The SMILES string of the molecule is O=C(O)CCNCCc1ccc(OCc2ccccc2)cc1. The molecule has 0 aliphatic rings. The number of nitrogens with one attached hydrogen (secondary N) is 1. The summed E-state index contributed by atoms with van der Waals surface area (Å²) in [6, 6.07) is 18.1. The lowest BCUT2D eigenvalue weighted by atomic mass is 10.1. The van der Waals surface area contributed by atoms with E-state index >= 15 is 0 Å². The largest absolute Gasteiger partial charge is 0.489 e. The van der Waals surface area contributed by atoms with Crippen molar-refractivity contribution in [2.24, 2.45) is 0 Å². The molecule has 0 saturated carbocycles. The summed E-state index contributed by atoms with van der Waals surface area (Å²) in [5, 5.41) is 11.7. The zero-order valence-electron chi connectivity index (χ0n) is 12.5. The molecule has 0 aromatic heterocycles. The van der Waals surface area contributed by atoms with Gasteiger partial charge in [-0.25, -0.2) is 0 Å². The van der Waals surface area contributed by atoms with Crippen molar-refractivity contribution < 1.29 is 14.6 Å². The molecule has 0 aliphatic heterocycles. The number of hydrogen-bond donors (Lipinski definition) is 2. The second kappa shape index (κ2) is 8.85. The lowest BCUT2D eigenvalue weighted by Gasteiger charge is -2.08. The van der Waals surface area contributed by atoms with Gasteiger partial charge in [0.1, 0.15) is 12.4 Å². The Kier molecular flexibility index (Phi) is 6.45. The van der Waals surface area contributed by atoms with E-state index in [-0.39, 0.29) is 6.42 Å². The standard InChI is InChI=1S/C18H21NO3/c20-18(21)11-13-19-12-10-15-6-8-17(9-7-15)22-14-16-4-2-1-3-5-16/h1-9,19H,10-14H2,(H,20,21). The summed E-state index contributed by atoms with van der Waals surface area (Å²) in [6.07, 6.45) is 1.03. The summed E-state index contributed by atoms with van der Waals surface area (Å²) in [7, 11) is 0. The highest BCUT2D eigenvalue weighted by Crippen LogP contribution is 2.14. The van der Waals surface area contributed by atoms with Crippen molar-refractivity contribution in [3.63, 3.8) is 0 Å². The molecular weight excluding hydrogens is 278 g/mol. The van der Waals surface area contributed by atoms with E-state index in [4.69, 9.17) is 9.84 Å². The first-order valence-corrected chi connectivity index (χ1v) is 7.42. The van der Waals surface area contributed by atoms with E-state index in [1.165, 1.54) is 5.56 Å². The first-order chi connectivity index (χ1) is 10.7. The van der Waals surface area contributed by atoms with Gasteiger partial charge in [-0.3, -0.25) is 4.79 Å². The highest BCUT2D eigenvalue weighted by atomic mass is 16.5. The van der Waals surface area contributed by atoms with Crippen molar-refractivity contribution in [2.75, 3.05) is 13.1 Å². The van der Waals surface area contributed by atoms with Crippen LogP contribution in [0.15, 0.2) is 54.6 Å². The lowest BCUT2D eigenvalue weighted by molar-refractivity contribution is -0.136. The number of rotatable bonds is 9. The Labute approximate surface area is 130 Å². The quantitative estimate of drug-likeness (QED) is 0.699. The molecule has 0 unspecified atom stereocenters. The average molecular weight is 299 g/mol. The summed E-state index contributed by atoms with van der Waals surface area (Å²) in [4.78, 5) is 10.4. The molecule has 0 radical (unpaired) electrons. The second-order valence-corrected chi connectivity index (χ2v) is 5.06. The minimum Gasteiger partial charge on any atom is -0.489 e. The number of carbonyl (C=O) groups is 1. The van der Waals surface area contributed by atoms with Crippen molar-refractivity contribution in [1.82, 2.24) is 5.32 Å². The van der Waals surface area contributed by atoms with Gasteiger partial charge in [-0.2, -0.15) is 0 Å². The molecule has 0 bridgehead atoms. The van der Waals surface area contributed by atoms with Crippen LogP contribution in [-0.2, 0) is 17.8 Å². The normalized spacial score (nSPS) is 10.4. The minimum atomic E-state index is -0.771. The maximum Gasteiger partial charge on any atom is 0.304 e. The molecule has 4 nitrogen and oxygen atoms in total. The zero-order valence-corrected chi connectivity index (χ0v) is 12.5. The van der Waals surface area contributed by atoms with Crippen LogP contribution in [-0.4, -0.2) is 24.2 Å². The van der Waals surface area contributed by atoms with E-state index in [0.29, 0.717) is 13.2 Å². The van der Waals surface area contributed by atoms with Gasteiger partial charge in [0.05, 0.1) is 6.42 Å². The van der Waals surface area contributed by atoms with Crippen LogP contribution in [0.1, 0.15) is 17.5 Å². The van der Waals surface area contributed by atoms with Crippen LogP contribution in [0.25, 0.3) is 0 Å². The van der Waals surface area contributed by atoms with Crippen molar-refractivity contribution in [1.29, 1.82) is 0 Å². The fourth-order valence-electron chi connectivity index (χ4n) is 2.05. The van der Waals surface area contributed by atoms with Gasteiger partial charge in [0, 0.05) is 6.54 Å². The van der Waals surface area contributed by atoms with Crippen molar-refractivity contribution >= 4 is 5.97 Å². The van der Waals surface area contributed by atoms with Crippen LogP contribution in [0.3, 0.4) is 0 Å². The van der Waals surface area contributed by atoms with E-state index in [1.807, 2.05) is 54.6 Å². The molecule has 2 aromatic carbocycles. The Hall–Kier alpha value is -2.33. The van der Waals surface area contributed by atoms with Gasteiger partial charge in [0.15, 0.2) is 0 Å². The topological polar surface area (TPSA) is 58.6 Å². The number of ether oxygens (including phenoxy) is 1. The first kappa shape index (κ1) is 16.0. The van der Waals surface area contributed by atoms with Gasteiger partial charge in [0.25, 0.3) is 0 Å². The van der Waals surface area contributed by atoms with E-state index in [9.17, 15) is 4.79 Å². The van der Waals surface area contributed by atoms with Crippen LogP contribution < -0.4 is 10.1 Å². The average Bonchev–Trinajstić information content (AvgIpc) is 2.54. The molecule has 0 atom stereocenters. The lowest BCUT2D eigenvalue weighted by Crippen LogP contribution is -2.20. The van der Waals surface area contributed by atoms with Gasteiger partial charge in [0.2, 0.25) is 0 Å². The molecular formula is C18H21NO3. The monoisotopic (exact) mass is 299 g/mol. The Morgan fingerprint density at radius 2 is 1.68 bits per heavy atom. The fourth-order valence-corrected chi connectivity index (χ4v) is 2.05. The third-order valence-electron chi connectivity index (χ3n) is 3.28. The van der Waals surface area contributed by atoms with Crippen LogP contribution in [0.5, 0.6) is 5.75 Å². The molecule has 2 rings (SSSR count). The van der Waals surface area contributed by atoms with Gasteiger partial charge in [-0.15, -0.1) is 0 Å². The van der Waals surface area contributed by atoms with Crippen molar-refractivity contribution in [3.8, 4) is 5.75 Å². The molecule has 4 heteroatoms. The molecule has 0 saturated heterocycles. The number of carboxylic acids is 1. The molecule has 2 aromatic rings. The molecule has 0 amide bonds. The molecule has 0 spiro atoms. The van der Waals surface area contributed by atoms with Crippen LogP contribution in [0.2, 0.25) is 0 Å². The Balaban J connectivity index is 1.70. The number of aliphatic carboxylic acids is 1. The predicted molar refractivity (Wildman–Crippen MR) is 86.0 cm³/mol. The van der Waals surface area contributed by atoms with Gasteiger partial charge in [-0.05, 0) is 36.2 Å². The minimum absolute atomic E-state index is 0.159. The van der Waals surface area contributed by atoms with E-state index in [0.717, 1.165) is 24.3 Å². The summed E-state index contributed by atoms with van der Waals surface area (Å²) in [5.41, 5.74) is 2.35. The van der Waals surface area contributed by atoms with Gasteiger partial charge >= 0.3 is 5.97 Å². The van der Waals surface area contributed by atoms with Crippen molar-refractivity contribution in [3.05, 3.63) is 65.7 Å². The molecule has 0 fully saturated rings. The van der Waals surface area contributed by atoms with Crippen LogP contribution in [0, 0.1) is 0 Å². The second-order valence-electron chi connectivity index (χ2n) is 5.06. The summed E-state index contributed by atoms with van der Waals surface area (Å²) >= 11 is 0. The third kappa shape index (κ3) is 5.97. The Morgan fingerprint density at radius 3 is 2.36 bits per heavy atom. The van der Waals surface area contributed by atoms with E-state index in [2.05, 4.69) is 5.32 Å². The van der Waals surface area contributed by atoms with Crippen molar-refractivity contribution in [2.45, 2.75) is 19.4 Å². The summed E-state index contributed by atoms with van der Waals surface area (Å²) < 4.78 is 5.74. The number of hydrogen-bond acceptors (Lipinski definition) is 3. The maximum absolute atomic E-state index is 10.4.